The van der Waals surface area contributed by atoms with Crippen LogP contribution in [0, 0.1) is 12.8 Å². The monoisotopic (exact) mass is 218 g/mol. The standard InChI is InChI=1S/C13H14O3/c1-8-3-5-10(6-4-8)13-11(9(2)14)7-12(15)16-13/h3-6,11,13H,7H2,1-2H3. The largest absolute Gasteiger partial charge is 0.457 e. The van der Waals surface area contributed by atoms with Crippen LogP contribution in [0.4, 0.5) is 0 Å². The van der Waals surface area contributed by atoms with Gasteiger partial charge in [-0.1, -0.05) is 29.8 Å². The number of Topliss-reactive ketones (excluding diaryl/α,β-unsaturated/α-hetero) is 1. The molecule has 0 spiro atoms. The molecule has 0 aromatic heterocycles. The molecule has 1 aromatic rings. The molecule has 0 N–H and O–H groups in total. The summed E-state index contributed by atoms with van der Waals surface area (Å²) < 4.78 is 5.20. The van der Waals surface area contributed by atoms with Crippen LogP contribution in [0.5, 0.6) is 0 Å². The number of esters is 1. The summed E-state index contributed by atoms with van der Waals surface area (Å²) in [6.07, 6.45) is -0.195. The topological polar surface area (TPSA) is 43.4 Å². The summed E-state index contributed by atoms with van der Waals surface area (Å²) in [4.78, 5) is 22.6. The maximum atomic E-state index is 11.4. The Bertz CT molecular complexity index is 419. The minimum absolute atomic E-state index is 0.0106. The lowest BCUT2D eigenvalue weighted by Gasteiger charge is -2.15. The van der Waals surface area contributed by atoms with Gasteiger partial charge in [-0.25, -0.2) is 0 Å². The zero-order chi connectivity index (χ0) is 11.7. The third-order valence-corrected chi connectivity index (χ3v) is 2.94. The van der Waals surface area contributed by atoms with E-state index in [2.05, 4.69) is 0 Å². The highest BCUT2D eigenvalue weighted by atomic mass is 16.6. The molecule has 1 aliphatic rings. The number of aryl methyl sites for hydroxylation is 1. The third-order valence-electron chi connectivity index (χ3n) is 2.94. The zero-order valence-corrected chi connectivity index (χ0v) is 9.40. The van der Waals surface area contributed by atoms with Crippen LogP contribution in [-0.4, -0.2) is 11.8 Å². The molecule has 0 amide bonds. The number of ether oxygens (including phenoxy) is 1. The summed E-state index contributed by atoms with van der Waals surface area (Å²) in [5.41, 5.74) is 2.05. The highest BCUT2D eigenvalue weighted by Crippen LogP contribution is 2.35. The second-order valence-electron chi connectivity index (χ2n) is 4.24. The highest BCUT2D eigenvalue weighted by molar-refractivity contribution is 5.86. The quantitative estimate of drug-likeness (QED) is 0.714. The Morgan fingerprint density at radius 3 is 2.50 bits per heavy atom. The van der Waals surface area contributed by atoms with Crippen LogP contribution in [0.15, 0.2) is 24.3 Å². The third kappa shape index (κ3) is 1.98. The predicted molar refractivity (Wildman–Crippen MR) is 58.8 cm³/mol. The fourth-order valence-corrected chi connectivity index (χ4v) is 1.97. The first-order valence-corrected chi connectivity index (χ1v) is 5.34. The molecule has 0 aliphatic carbocycles. The summed E-state index contributed by atoms with van der Waals surface area (Å²) in [7, 11) is 0. The first-order chi connectivity index (χ1) is 7.58. The Morgan fingerprint density at radius 1 is 1.31 bits per heavy atom. The van der Waals surface area contributed by atoms with E-state index in [1.165, 1.54) is 6.92 Å². The molecule has 2 unspecified atom stereocenters. The van der Waals surface area contributed by atoms with Crippen molar-refractivity contribution >= 4 is 11.8 Å². The number of benzene rings is 1. The first kappa shape index (κ1) is 10.9. The lowest BCUT2D eigenvalue weighted by atomic mass is 9.92. The molecule has 1 saturated heterocycles. The number of ketones is 1. The maximum Gasteiger partial charge on any atom is 0.307 e. The summed E-state index contributed by atoms with van der Waals surface area (Å²) in [6.45, 7) is 3.50. The van der Waals surface area contributed by atoms with E-state index in [0.717, 1.165) is 11.1 Å². The fourth-order valence-electron chi connectivity index (χ4n) is 1.97. The van der Waals surface area contributed by atoms with Gasteiger partial charge in [-0.3, -0.25) is 9.59 Å². The van der Waals surface area contributed by atoms with Crippen LogP contribution in [0.1, 0.15) is 30.6 Å². The molecular weight excluding hydrogens is 204 g/mol. The maximum absolute atomic E-state index is 11.4. The minimum Gasteiger partial charge on any atom is -0.457 e. The van der Waals surface area contributed by atoms with E-state index in [1.54, 1.807) is 0 Å². The second-order valence-corrected chi connectivity index (χ2v) is 4.24. The Morgan fingerprint density at radius 2 is 1.94 bits per heavy atom. The van der Waals surface area contributed by atoms with Crippen LogP contribution in [0.25, 0.3) is 0 Å². The van der Waals surface area contributed by atoms with Crippen LogP contribution >= 0.6 is 0 Å². The Labute approximate surface area is 94.4 Å². The molecule has 0 bridgehead atoms. The number of rotatable bonds is 2. The van der Waals surface area contributed by atoms with E-state index in [1.807, 2.05) is 31.2 Å². The molecule has 1 aliphatic heterocycles. The van der Waals surface area contributed by atoms with E-state index < -0.39 is 6.10 Å². The highest BCUT2D eigenvalue weighted by Gasteiger charge is 2.38. The molecule has 1 fully saturated rings. The molecule has 2 atom stereocenters. The number of hydrogen-bond acceptors (Lipinski definition) is 3. The van der Waals surface area contributed by atoms with Gasteiger partial charge in [0, 0.05) is 0 Å². The summed E-state index contributed by atoms with van der Waals surface area (Å²) in [5, 5.41) is 0. The normalized spacial score (nSPS) is 24.2. The van der Waals surface area contributed by atoms with Crippen LogP contribution < -0.4 is 0 Å². The van der Waals surface area contributed by atoms with Gasteiger partial charge in [-0.2, -0.15) is 0 Å². The van der Waals surface area contributed by atoms with Crippen LogP contribution in [0.2, 0.25) is 0 Å². The molecule has 3 heteroatoms. The molecular formula is C13H14O3. The van der Waals surface area contributed by atoms with Gasteiger partial charge in [0.05, 0.1) is 12.3 Å². The lowest BCUT2D eigenvalue weighted by molar-refractivity contribution is -0.141. The van der Waals surface area contributed by atoms with Crippen molar-refractivity contribution in [1.82, 2.24) is 0 Å². The van der Waals surface area contributed by atoms with Crippen LogP contribution in [-0.2, 0) is 14.3 Å². The van der Waals surface area contributed by atoms with Gasteiger partial charge < -0.3 is 4.74 Å². The Hall–Kier alpha value is -1.64. The minimum atomic E-state index is -0.398. The van der Waals surface area contributed by atoms with Gasteiger partial charge in [0.1, 0.15) is 11.9 Å². The Balaban J connectivity index is 2.28. The van der Waals surface area contributed by atoms with Crippen LogP contribution in [0.3, 0.4) is 0 Å². The predicted octanol–water partition coefficient (Wildman–Crippen LogP) is 2.19. The van der Waals surface area contributed by atoms with E-state index in [9.17, 15) is 9.59 Å². The van der Waals surface area contributed by atoms with E-state index in [4.69, 9.17) is 4.74 Å². The molecule has 1 aromatic carbocycles. The van der Waals surface area contributed by atoms with Gasteiger partial charge in [0.2, 0.25) is 0 Å². The molecule has 1 heterocycles. The SMILES string of the molecule is CC(=O)C1CC(=O)OC1c1ccc(C)cc1. The summed E-state index contributed by atoms with van der Waals surface area (Å²) >= 11 is 0. The number of hydrogen-bond donors (Lipinski definition) is 0. The Kier molecular flexibility index (Phi) is 2.77. The van der Waals surface area contributed by atoms with E-state index >= 15 is 0 Å². The smallest absolute Gasteiger partial charge is 0.307 e. The van der Waals surface area contributed by atoms with Crippen molar-refractivity contribution in [1.29, 1.82) is 0 Å². The average Bonchev–Trinajstić information content (AvgIpc) is 2.61. The molecule has 16 heavy (non-hydrogen) atoms. The second kappa shape index (κ2) is 4.08. The van der Waals surface area contributed by atoms with Gasteiger partial charge in [0.15, 0.2) is 0 Å². The van der Waals surface area contributed by atoms with Crippen molar-refractivity contribution in [2.75, 3.05) is 0 Å². The number of carbonyl (C=O) groups is 2. The van der Waals surface area contributed by atoms with Gasteiger partial charge in [-0.05, 0) is 19.4 Å². The molecule has 0 saturated carbocycles. The summed E-state index contributed by atoms with van der Waals surface area (Å²) in [5.74, 6) is -0.600. The fraction of sp³-hybridized carbons (Fsp3) is 0.385. The molecule has 0 radical (unpaired) electrons. The molecule has 2 rings (SSSR count). The average molecular weight is 218 g/mol. The van der Waals surface area contributed by atoms with Gasteiger partial charge >= 0.3 is 5.97 Å². The molecule has 84 valence electrons. The number of cyclic esters (lactones) is 1. The first-order valence-electron chi connectivity index (χ1n) is 5.34. The van der Waals surface area contributed by atoms with Crippen molar-refractivity contribution in [3.63, 3.8) is 0 Å². The lowest BCUT2D eigenvalue weighted by Crippen LogP contribution is -2.15. The van der Waals surface area contributed by atoms with E-state index in [-0.39, 0.29) is 24.1 Å². The molecule has 3 nitrogen and oxygen atoms in total. The van der Waals surface area contributed by atoms with Gasteiger partial charge in [-0.15, -0.1) is 0 Å². The van der Waals surface area contributed by atoms with Crippen molar-refractivity contribution in [2.45, 2.75) is 26.4 Å². The van der Waals surface area contributed by atoms with Crippen molar-refractivity contribution in [2.24, 2.45) is 5.92 Å². The van der Waals surface area contributed by atoms with Crippen molar-refractivity contribution < 1.29 is 14.3 Å². The van der Waals surface area contributed by atoms with Gasteiger partial charge in [0.25, 0.3) is 0 Å². The van der Waals surface area contributed by atoms with E-state index in [0.29, 0.717) is 0 Å². The summed E-state index contributed by atoms with van der Waals surface area (Å²) in [6, 6.07) is 7.74. The zero-order valence-electron chi connectivity index (χ0n) is 9.40. The number of carbonyl (C=O) groups excluding carboxylic acids is 2. The van der Waals surface area contributed by atoms with Crippen molar-refractivity contribution in [3.8, 4) is 0 Å². The van der Waals surface area contributed by atoms with Crippen molar-refractivity contribution in [3.05, 3.63) is 35.4 Å².